The van der Waals surface area contributed by atoms with Crippen LogP contribution in [-0.2, 0) is 0 Å². The first-order valence-corrected chi connectivity index (χ1v) is 6.67. The molecule has 1 aliphatic heterocycles. The molecule has 1 fully saturated rings. The number of likely N-dealkylation sites (N-methyl/N-ethyl adjacent to an activating group) is 1. The molecular weight excluding hydrogens is 224 g/mol. The summed E-state index contributed by atoms with van der Waals surface area (Å²) in [5, 5.41) is 0. The van der Waals surface area contributed by atoms with E-state index < -0.39 is 0 Å². The molecule has 0 aliphatic carbocycles. The van der Waals surface area contributed by atoms with E-state index in [0.29, 0.717) is 12.5 Å². The maximum Gasteiger partial charge on any atom is 0.164 e. The molecule has 1 aromatic rings. The molecular formula is C15H22N2O. The number of piperazine rings is 1. The molecule has 1 aliphatic rings. The van der Waals surface area contributed by atoms with Gasteiger partial charge in [0, 0.05) is 44.2 Å². The van der Waals surface area contributed by atoms with E-state index in [0.717, 1.165) is 31.7 Å². The molecule has 18 heavy (non-hydrogen) atoms. The minimum atomic E-state index is 0.252. The Morgan fingerprint density at radius 2 is 2.00 bits per heavy atom. The maximum absolute atomic E-state index is 12.0. The van der Waals surface area contributed by atoms with E-state index in [1.807, 2.05) is 30.3 Å². The number of Topliss-reactive ketones (excluding diaryl/α,β-unsaturated/α-hetero) is 1. The highest BCUT2D eigenvalue weighted by Crippen LogP contribution is 2.09. The number of hydrogen-bond acceptors (Lipinski definition) is 3. The van der Waals surface area contributed by atoms with Gasteiger partial charge in [-0.3, -0.25) is 4.79 Å². The van der Waals surface area contributed by atoms with Crippen LogP contribution in [0, 0.1) is 0 Å². The standard InChI is InChI=1S/C15H22N2O/c1-13-12-17(11-10-16(13)2)9-8-15(18)14-6-4-3-5-7-14/h3-7,13H,8-12H2,1-2H3. The Morgan fingerprint density at radius 1 is 1.28 bits per heavy atom. The van der Waals surface area contributed by atoms with Crippen molar-refractivity contribution in [3.05, 3.63) is 35.9 Å². The van der Waals surface area contributed by atoms with Gasteiger partial charge in [0.15, 0.2) is 5.78 Å². The fraction of sp³-hybridized carbons (Fsp3) is 0.533. The molecule has 1 unspecified atom stereocenters. The van der Waals surface area contributed by atoms with Crippen LogP contribution >= 0.6 is 0 Å². The molecule has 0 aromatic heterocycles. The van der Waals surface area contributed by atoms with Gasteiger partial charge in [-0.25, -0.2) is 0 Å². The molecule has 0 N–H and O–H groups in total. The molecule has 98 valence electrons. The molecule has 3 nitrogen and oxygen atoms in total. The lowest BCUT2D eigenvalue weighted by molar-refractivity contribution is 0.0873. The van der Waals surface area contributed by atoms with Crippen molar-refractivity contribution in [2.24, 2.45) is 0 Å². The zero-order valence-corrected chi connectivity index (χ0v) is 11.3. The summed E-state index contributed by atoms with van der Waals surface area (Å²) in [6.45, 7) is 6.36. The minimum Gasteiger partial charge on any atom is -0.301 e. The van der Waals surface area contributed by atoms with E-state index in [1.165, 1.54) is 0 Å². The highest BCUT2D eigenvalue weighted by molar-refractivity contribution is 5.96. The third-order valence-electron chi connectivity index (χ3n) is 3.79. The Balaban J connectivity index is 1.80. The van der Waals surface area contributed by atoms with Crippen molar-refractivity contribution in [3.8, 4) is 0 Å². The van der Waals surface area contributed by atoms with Gasteiger partial charge in [0.25, 0.3) is 0 Å². The Bertz CT molecular complexity index is 391. The number of carbonyl (C=O) groups is 1. The lowest BCUT2D eigenvalue weighted by atomic mass is 10.1. The topological polar surface area (TPSA) is 23.6 Å². The second-order valence-electron chi connectivity index (χ2n) is 5.17. The summed E-state index contributed by atoms with van der Waals surface area (Å²) in [4.78, 5) is 16.8. The average molecular weight is 246 g/mol. The monoisotopic (exact) mass is 246 g/mol. The van der Waals surface area contributed by atoms with Crippen LogP contribution in [0.3, 0.4) is 0 Å². The fourth-order valence-electron chi connectivity index (χ4n) is 2.36. The lowest BCUT2D eigenvalue weighted by Gasteiger charge is -2.37. The first-order chi connectivity index (χ1) is 8.66. The van der Waals surface area contributed by atoms with E-state index in [1.54, 1.807) is 0 Å². The van der Waals surface area contributed by atoms with Crippen molar-refractivity contribution in [1.82, 2.24) is 9.80 Å². The highest BCUT2D eigenvalue weighted by atomic mass is 16.1. The van der Waals surface area contributed by atoms with Gasteiger partial charge in [-0.1, -0.05) is 30.3 Å². The molecule has 0 radical (unpaired) electrons. The second kappa shape index (κ2) is 6.12. The number of carbonyl (C=O) groups excluding carboxylic acids is 1. The number of benzene rings is 1. The normalized spacial score (nSPS) is 22.0. The van der Waals surface area contributed by atoms with E-state index in [9.17, 15) is 4.79 Å². The van der Waals surface area contributed by atoms with Gasteiger partial charge in [0.05, 0.1) is 0 Å². The quantitative estimate of drug-likeness (QED) is 0.758. The number of rotatable bonds is 4. The molecule has 0 saturated carbocycles. The molecule has 1 heterocycles. The first-order valence-electron chi connectivity index (χ1n) is 6.67. The predicted molar refractivity (Wildman–Crippen MR) is 73.9 cm³/mol. The summed E-state index contributed by atoms with van der Waals surface area (Å²) in [5.41, 5.74) is 0.833. The number of hydrogen-bond donors (Lipinski definition) is 0. The van der Waals surface area contributed by atoms with Gasteiger partial charge in [-0.05, 0) is 14.0 Å². The van der Waals surface area contributed by atoms with Gasteiger partial charge in [-0.2, -0.15) is 0 Å². The van der Waals surface area contributed by atoms with Crippen molar-refractivity contribution >= 4 is 5.78 Å². The first kappa shape index (κ1) is 13.2. The van der Waals surface area contributed by atoms with E-state index >= 15 is 0 Å². The zero-order chi connectivity index (χ0) is 13.0. The molecule has 1 aromatic carbocycles. The predicted octanol–water partition coefficient (Wildman–Crippen LogP) is 1.90. The smallest absolute Gasteiger partial charge is 0.164 e. The SMILES string of the molecule is CC1CN(CCC(=O)c2ccccc2)CCN1C. The molecule has 3 heteroatoms. The summed E-state index contributed by atoms with van der Waals surface area (Å²) >= 11 is 0. The summed E-state index contributed by atoms with van der Waals surface area (Å²) in [5.74, 6) is 0.252. The second-order valence-corrected chi connectivity index (χ2v) is 5.17. The van der Waals surface area contributed by atoms with Crippen LogP contribution < -0.4 is 0 Å². The molecule has 2 rings (SSSR count). The Hall–Kier alpha value is -1.19. The van der Waals surface area contributed by atoms with Crippen molar-refractivity contribution in [1.29, 1.82) is 0 Å². The van der Waals surface area contributed by atoms with Gasteiger partial charge in [-0.15, -0.1) is 0 Å². The Morgan fingerprint density at radius 3 is 2.67 bits per heavy atom. The lowest BCUT2D eigenvalue weighted by Crippen LogP contribution is -2.50. The van der Waals surface area contributed by atoms with Crippen LogP contribution in [0.5, 0.6) is 0 Å². The van der Waals surface area contributed by atoms with Crippen molar-refractivity contribution in [2.45, 2.75) is 19.4 Å². The van der Waals surface area contributed by atoms with E-state index in [-0.39, 0.29) is 5.78 Å². The fourth-order valence-corrected chi connectivity index (χ4v) is 2.36. The van der Waals surface area contributed by atoms with Crippen LogP contribution in [-0.4, -0.2) is 54.9 Å². The van der Waals surface area contributed by atoms with Crippen molar-refractivity contribution < 1.29 is 4.79 Å². The highest BCUT2D eigenvalue weighted by Gasteiger charge is 2.20. The molecule has 0 bridgehead atoms. The molecule has 0 spiro atoms. The van der Waals surface area contributed by atoms with Crippen LogP contribution in [0.4, 0.5) is 0 Å². The molecule has 0 amide bonds. The van der Waals surface area contributed by atoms with E-state index in [2.05, 4.69) is 23.8 Å². The number of nitrogens with zero attached hydrogens (tertiary/aromatic N) is 2. The number of ketones is 1. The largest absolute Gasteiger partial charge is 0.301 e. The van der Waals surface area contributed by atoms with Gasteiger partial charge in [0.1, 0.15) is 0 Å². The van der Waals surface area contributed by atoms with Crippen LogP contribution in [0.25, 0.3) is 0 Å². The van der Waals surface area contributed by atoms with Crippen LogP contribution in [0.15, 0.2) is 30.3 Å². The van der Waals surface area contributed by atoms with Gasteiger partial charge >= 0.3 is 0 Å². The average Bonchev–Trinajstić information content (AvgIpc) is 2.41. The Kier molecular flexibility index (Phi) is 4.50. The molecule has 1 atom stereocenters. The van der Waals surface area contributed by atoms with Gasteiger partial charge in [0.2, 0.25) is 0 Å². The molecule has 1 saturated heterocycles. The third-order valence-corrected chi connectivity index (χ3v) is 3.79. The van der Waals surface area contributed by atoms with Crippen molar-refractivity contribution in [3.63, 3.8) is 0 Å². The minimum absolute atomic E-state index is 0.252. The summed E-state index contributed by atoms with van der Waals surface area (Å²) in [7, 11) is 2.16. The summed E-state index contributed by atoms with van der Waals surface area (Å²) < 4.78 is 0. The Labute approximate surface area is 109 Å². The third kappa shape index (κ3) is 3.40. The summed E-state index contributed by atoms with van der Waals surface area (Å²) in [6.07, 6.45) is 0.625. The van der Waals surface area contributed by atoms with Crippen LogP contribution in [0.2, 0.25) is 0 Å². The van der Waals surface area contributed by atoms with Gasteiger partial charge < -0.3 is 9.80 Å². The van der Waals surface area contributed by atoms with Crippen molar-refractivity contribution in [2.75, 3.05) is 33.2 Å². The van der Waals surface area contributed by atoms with E-state index in [4.69, 9.17) is 0 Å². The summed E-state index contributed by atoms with van der Waals surface area (Å²) in [6, 6.07) is 10.2. The van der Waals surface area contributed by atoms with Crippen LogP contribution in [0.1, 0.15) is 23.7 Å². The zero-order valence-electron chi connectivity index (χ0n) is 11.3. The maximum atomic E-state index is 12.0.